The summed E-state index contributed by atoms with van der Waals surface area (Å²) in [5.41, 5.74) is 1.11. The summed E-state index contributed by atoms with van der Waals surface area (Å²) in [4.78, 5) is 8.60. The second kappa shape index (κ2) is 6.79. The van der Waals surface area contributed by atoms with E-state index in [0.717, 1.165) is 43.8 Å². The van der Waals surface area contributed by atoms with E-state index in [-0.39, 0.29) is 17.2 Å². The monoisotopic (exact) mass is 379 g/mol. The Bertz CT molecular complexity index is 874. The summed E-state index contributed by atoms with van der Waals surface area (Å²) in [5, 5.41) is 0.123. The van der Waals surface area contributed by atoms with Gasteiger partial charge in [-0.05, 0) is 32.6 Å². The molecule has 2 aromatic rings. The van der Waals surface area contributed by atoms with E-state index in [1.165, 1.54) is 6.33 Å². The first-order chi connectivity index (χ1) is 12.5. The van der Waals surface area contributed by atoms with Crippen molar-refractivity contribution in [1.29, 1.82) is 0 Å². The molecule has 1 atom stereocenters. The highest BCUT2D eigenvalue weighted by Gasteiger charge is 2.33. The first-order valence-electron chi connectivity index (χ1n) is 9.10. The molecule has 2 aliphatic heterocycles. The minimum absolute atomic E-state index is 0.0685. The van der Waals surface area contributed by atoms with Gasteiger partial charge >= 0.3 is 0 Å². The number of hydrogen-bond donors (Lipinski definition) is 0. The summed E-state index contributed by atoms with van der Waals surface area (Å²) in [5.74, 6) is 0.992. The average molecular weight is 379 g/mol. The van der Waals surface area contributed by atoms with E-state index in [4.69, 9.17) is 4.74 Å². The van der Waals surface area contributed by atoms with Gasteiger partial charge in [0.15, 0.2) is 5.03 Å². The minimum Gasteiger partial charge on any atom is -0.370 e. The number of rotatable bonds is 4. The molecule has 0 bridgehead atoms. The predicted octanol–water partition coefficient (Wildman–Crippen LogP) is 1.80. The van der Waals surface area contributed by atoms with E-state index < -0.39 is 10.0 Å². The zero-order valence-corrected chi connectivity index (χ0v) is 16.0. The van der Waals surface area contributed by atoms with E-state index >= 15 is 0 Å². The van der Waals surface area contributed by atoms with E-state index in [9.17, 15) is 8.42 Å². The van der Waals surface area contributed by atoms with Gasteiger partial charge in [-0.25, -0.2) is 18.4 Å². The number of imidazole rings is 2. The molecule has 2 fully saturated rings. The summed E-state index contributed by atoms with van der Waals surface area (Å²) >= 11 is 0. The number of aromatic nitrogens is 4. The zero-order valence-electron chi connectivity index (χ0n) is 15.2. The van der Waals surface area contributed by atoms with Crippen LogP contribution in [0.15, 0.2) is 23.7 Å². The van der Waals surface area contributed by atoms with Crippen LogP contribution in [0.4, 0.5) is 0 Å². The molecule has 0 N–H and O–H groups in total. The van der Waals surface area contributed by atoms with Crippen LogP contribution in [-0.4, -0.2) is 51.5 Å². The second-order valence-corrected chi connectivity index (χ2v) is 9.03. The van der Waals surface area contributed by atoms with Gasteiger partial charge in [0.25, 0.3) is 10.0 Å². The molecule has 0 saturated carbocycles. The van der Waals surface area contributed by atoms with Crippen molar-refractivity contribution in [3.63, 3.8) is 0 Å². The Kier molecular flexibility index (Phi) is 4.62. The van der Waals surface area contributed by atoms with Crippen LogP contribution in [-0.2, 0) is 21.8 Å². The zero-order chi connectivity index (χ0) is 18.3. The molecule has 2 aliphatic rings. The fraction of sp³-hybridized carbons (Fsp3) is 0.647. The standard InChI is InChI=1S/C17H25N5O3S/c1-13-10-18-17(15-4-3-9-25-15)22(13)14-5-7-21(8-6-14)26(23,24)16-11-20(2)12-19-16/h10-12,14-15H,3-9H2,1-2H3. The number of nitrogens with zero attached hydrogens (tertiary/aromatic N) is 5. The van der Waals surface area contributed by atoms with Crippen molar-refractivity contribution in [2.45, 2.75) is 49.8 Å². The molecule has 0 amide bonds. The lowest BCUT2D eigenvalue weighted by atomic mass is 10.1. The minimum atomic E-state index is -3.52. The lowest BCUT2D eigenvalue weighted by molar-refractivity contribution is 0.0982. The van der Waals surface area contributed by atoms with Crippen LogP contribution in [0.25, 0.3) is 0 Å². The number of piperidine rings is 1. The Balaban J connectivity index is 1.50. The van der Waals surface area contributed by atoms with Crippen molar-refractivity contribution in [3.05, 3.63) is 30.2 Å². The van der Waals surface area contributed by atoms with Crippen molar-refractivity contribution < 1.29 is 13.2 Å². The third kappa shape index (κ3) is 3.08. The number of sulfonamides is 1. The Labute approximate surface area is 153 Å². The maximum absolute atomic E-state index is 12.7. The highest BCUT2D eigenvalue weighted by atomic mass is 32.2. The molecule has 26 heavy (non-hydrogen) atoms. The van der Waals surface area contributed by atoms with Gasteiger partial charge in [-0.3, -0.25) is 0 Å². The quantitative estimate of drug-likeness (QED) is 0.809. The molecule has 4 rings (SSSR count). The molecule has 2 saturated heterocycles. The van der Waals surface area contributed by atoms with Crippen LogP contribution in [0.1, 0.15) is 49.3 Å². The summed E-state index contributed by atoms with van der Waals surface area (Å²) < 4.78 is 36.8. The van der Waals surface area contributed by atoms with Crippen LogP contribution in [0.5, 0.6) is 0 Å². The molecule has 0 aliphatic carbocycles. The molecule has 4 heterocycles. The Morgan fingerprint density at radius 1 is 1.19 bits per heavy atom. The van der Waals surface area contributed by atoms with Gasteiger partial charge in [0.1, 0.15) is 11.9 Å². The van der Waals surface area contributed by atoms with Crippen molar-refractivity contribution >= 4 is 10.0 Å². The SMILES string of the molecule is Cc1cnc(C2CCCO2)n1C1CCN(S(=O)(=O)c2cn(C)cn2)CC1. The maximum atomic E-state index is 12.7. The third-order valence-corrected chi connectivity index (χ3v) is 7.09. The van der Waals surface area contributed by atoms with Crippen molar-refractivity contribution in [2.75, 3.05) is 19.7 Å². The van der Waals surface area contributed by atoms with Crippen molar-refractivity contribution in [1.82, 2.24) is 23.4 Å². The van der Waals surface area contributed by atoms with Crippen LogP contribution >= 0.6 is 0 Å². The fourth-order valence-corrected chi connectivity index (χ4v) is 5.39. The highest BCUT2D eigenvalue weighted by Crippen LogP contribution is 2.34. The van der Waals surface area contributed by atoms with Crippen LogP contribution in [0, 0.1) is 6.92 Å². The van der Waals surface area contributed by atoms with Crippen LogP contribution in [0.3, 0.4) is 0 Å². The van der Waals surface area contributed by atoms with E-state index in [1.807, 2.05) is 6.20 Å². The highest BCUT2D eigenvalue weighted by molar-refractivity contribution is 7.89. The lowest BCUT2D eigenvalue weighted by Crippen LogP contribution is -2.39. The molecule has 0 radical (unpaired) electrons. The molecule has 2 aromatic heterocycles. The smallest absolute Gasteiger partial charge is 0.262 e. The fourth-order valence-electron chi connectivity index (χ4n) is 3.95. The average Bonchev–Trinajstić information content (AvgIpc) is 3.35. The second-order valence-electron chi connectivity index (χ2n) is 7.14. The maximum Gasteiger partial charge on any atom is 0.262 e. The first kappa shape index (κ1) is 17.7. The molecule has 9 heteroatoms. The van der Waals surface area contributed by atoms with Crippen molar-refractivity contribution in [2.24, 2.45) is 7.05 Å². The number of aryl methyl sites for hydroxylation is 2. The normalized spacial score (nSPS) is 22.9. The largest absolute Gasteiger partial charge is 0.370 e. The first-order valence-corrected chi connectivity index (χ1v) is 10.5. The summed E-state index contributed by atoms with van der Waals surface area (Å²) in [6.45, 7) is 3.83. The van der Waals surface area contributed by atoms with Gasteiger partial charge in [-0.15, -0.1) is 0 Å². The lowest BCUT2D eigenvalue weighted by Gasteiger charge is -2.33. The molecular formula is C17H25N5O3S. The Morgan fingerprint density at radius 3 is 2.58 bits per heavy atom. The molecule has 1 unspecified atom stereocenters. The van der Waals surface area contributed by atoms with Crippen LogP contribution in [0.2, 0.25) is 0 Å². The summed E-state index contributed by atoms with van der Waals surface area (Å²) in [6.07, 6.45) is 8.64. The van der Waals surface area contributed by atoms with E-state index in [0.29, 0.717) is 13.1 Å². The van der Waals surface area contributed by atoms with Gasteiger partial charge in [0.2, 0.25) is 0 Å². The van der Waals surface area contributed by atoms with Gasteiger partial charge in [-0.2, -0.15) is 4.31 Å². The van der Waals surface area contributed by atoms with Gasteiger partial charge in [-0.1, -0.05) is 0 Å². The Hall–Kier alpha value is -1.71. The van der Waals surface area contributed by atoms with Gasteiger partial charge in [0, 0.05) is 50.9 Å². The molecule has 0 spiro atoms. The topological polar surface area (TPSA) is 82.3 Å². The van der Waals surface area contributed by atoms with Crippen LogP contribution < -0.4 is 0 Å². The summed E-state index contributed by atoms with van der Waals surface area (Å²) in [7, 11) is -1.75. The molecule has 0 aromatic carbocycles. The summed E-state index contributed by atoms with van der Waals surface area (Å²) in [6, 6.07) is 0.256. The predicted molar refractivity (Wildman–Crippen MR) is 95.1 cm³/mol. The van der Waals surface area contributed by atoms with E-state index in [2.05, 4.69) is 21.5 Å². The molecular weight excluding hydrogens is 354 g/mol. The Morgan fingerprint density at radius 2 is 1.96 bits per heavy atom. The number of ether oxygens (including phenoxy) is 1. The van der Waals surface area contributed by atoms with Gasteiger partial charge < -0.3 is 13.9 Å². The van der Waals surface area contributed by atoms with Gasteiger partial charge in [0.05, 0.1) is 6.33 Å². The molecule has 142 valence electrons. The molecule has 8 nitrogen and oxygen atoms in total. The number of hydrogen-bond acceptors (Lipinski definition) is 5. The van der Waals surface area contributed by atoms with E-state index in [1.54, 1.807) is 22.1 Å². The third-order valence-electron chi connectivity index (χ3n) is 5.30. The van der Waals surface area contributed by atoms with Crippen molar-refractivity contribution in [3.8, 4) is 0 Å².